The van der Waals surface area contributed by atoms with Gasteiger partial charge in [0.2, 0.25) is 11.8 Å². The normalized spacial score (nSPS) is 11.7. The summed E-state index contributed by atoms with van der Waals surface area (Å²) >= 11 is 1.27. The number of hydrogen-bond donors (Lipinski definition) is 2. The van der Waals surface area contributed by atoms with Crippen molar-refractivity contribution in [2.45, 2.75) is 32.4 Å². The van der Waals surface area contributed by atoms with Crippen molar-refractivity contribution in [2.75, 3.05) is 32.8 Å². The molecule has 3 amide bonds. The van der Waals surface area contributed by atoms with Crippen LogP contribution in [-0.4, -0.2) is 51.1 Å². The highest BCUT2D eigenvalue weighted by Crippen LogP contribution is 2.35. The number of benzene rings is 2. The van der Waals surface area contributed by atoms with Crippen LogP contribution in [0, 0.1) is 0 Å². The molecule has 2 aromatic carbocycles. The van der Waals surface area contributed by atoms with E-state index in [0.717, 1.165) is 0 Å². The first-order valence-electron chi connectivity index (χ1n) is 11.9. The van der Waals surface area contributed by atoms with Gasteiger partial charge in [0, 0.05) is 11.2 Å². The Hall–Kier alpha value is -4.05. The highest BCUT2D eigenvalue weighted by Gasteiger charge is 2.35. The predicted octanol–water partition coefficient (Wildman–Crippen LogP) is 4.19. The SMILES string of the molecule is COc1ccc(N(C(=O)CNC(=O)c2cccs2)[C@H](C(=O)NC(C)(C)C)c2ccc(OC)c(OC)c2)cc1. The van der Waals surface area contributed by atoms with Crippen LogP contribution in [0.5, 0.6) is 17.2 Å². The number of thiophene rings is 1. The molecule has 10 heteroatoms. The molecule has 0 aliphatic rings. The van der Waals surface area contributed by atoms with Crippen molar-refractivity contribution >= 4 is 34.7 Å². The molecular formula is C28H33N3O6S. The Labute approximate surface area is 226 Å². The van der Waals surface area contributed by atoms with Gasteiger partial charge in [-0.1, -0.05) is 12.1 Å². The van der Waals surface area contributed by atoms with Gasteiger partial charge in [0.15, 0.2) is 11.5 Å². The van der Waals surface area contributed by atoms with Gasteiger partial charge >= 0.3 is 0 Å². The zero-order valence-electron chi connectivity index (χ0n) is 22.4. The van der Waals surface area contributed by atoms with E-state index in [1.807, 2.05) is 20.8 Å². The lowest BCUT2D eigenvalue weighted by Gasteiger charge is -2.34. The van der Waals surface area contributed by atoms with Crippen LogP contribution in [0.4, 0.5) is 5.69 Å². The van der Waals surface area contributed by atoms with Gasteiger partial charge in [-0.25, -0.2) is 0 Å². The fourth-order valence-corrected chi connectivity index (χ4v) is 4.43. The van der Waals surface area contributed by atoms with E-state index in [-0.39, 0.29) is 12.5 Å². The van der Waals surface area contributed by atoms with Crippen molar-refractivity contribution in [1.29, 1.82) is 0 Å². The highest BCUT2D eigenvalue weighted by molar-refractivity contribution is 7.12. The molecule has 0 saturated heterocycles. The number of carbonyl (C=O) groups excluding carboxylic acids is 3. The van der Waals surface area contributed by atoms with Crippen LogP contribution in [0.1, 0.15) is 42.0 Å². The first-order valence-corrected chi connectivity index (χ1v) is 12.8. The summed E-state index contributed by atoms with van der Waals surface area (Å²) in [4.78, 5) is 42.0. The summed E-state index contributed by atoms with van der Waals surface area (Å²) < 4.78 is 16.1. The van der Waals surface area contributed by atoms with E-state index < -0.39 is 23.4 Å². The Bertz CT molecular complexity index is 1250. The van der Waals surface area contributed by atoms with Gasteiger partial charge < -0.3 is 24.8 Å². The summed E-state index contributed by atoms with van der Waals surface area (Å²) in [6.45, 7) is 5.25. The van der Waals surface area contributed by atoms with Crippen LogP contribution >= 0.6 is 11.3 Å². The molecule has 0 radical (unpaired) electrons. The summed E-state index contributed by atoms with van der Waals surface area (Å²) in [6.07, 6.45) is 0. The van der Waals surface area contributed by atoms with Crippen LogP contribution in [0.2, 0.25) is 0 Å². The van der Waals surface area contributed by atoms with Crippen LogP contribution in [-0.2, 0) is 9.59 Å². The topological polar surface area (TPSA) is 106 Å². The molecule has 0 aliphatic carbocycles. The lowest BCUT2D eigenvalue weighted by Crippen LogP contribution is -2.51. The molecule has 202 valence electrons. The molecule has 1 aromatic heterocycles. The Morgan fingerprint density at radius 3 is 2.16 bits per heavy atom. The van der Waals surface area contributed by atoms with Gasteiger partial charge in [0.1, 0.15) is 11.8 Å². The number of hydrogen-bond acceptors (Lipinski definition) is 7. The van der Waals surface area contributed by atoms with Crippen LogP contribution < -0.4 is 29.7 Å². The van der Waals surface area contributed by atoms with Gasteiger partial charge in [0.25, 0.3) is 5.91 Å². The maximum atomic E-state index is 13.8. The summed E-state index contributed by atoms with van der Waals surface area (Å²) in [7, 11) is 4.56. The fourth-order valence-electron chi connectivity index (χ4n) is 3.79. The van der Waals surface area contributed by atoms with Crippen molar-refractivity contribution in [2.24, 2.45) is 0 Å². The standard InChI is InChI=1S/C28H33N3O6S/c1-28(2,3)30-27(34)25(18-9-14-21(36-5)22(16-18)37-6)31(19-10-12-20(35-4)13-11-19)24(32)17-29-26(33)23-8-7-15-38-23/h7-16,25H,17H2,1-6H3,(H,29,33)(H,30,34)/t25-/m0/s1. The summed E-state index contributed by atoms with van der Waals surface area (Å²) in [5.41, 5.74) is 0.372. The molecule has 0 saturated carbocycles. The quantitative estimate of drug-likeness (QED) is 0.400. The van der Waals surface area contributed by atoms with E-state index in [1.165, 1.54) is 30.5 Å². The number of carbonyl (C=O) groups is 3. The molecule has 2 N–H and O–H groups in total. The average molecular weight is 540 g/mol. The van der Waals surface area contributed by atoms with E-state index in [1.54, 1.807) is 67.1 Å². The van der Waals surface area contributed by atoms with E-state index >= 15 is 0 Å². The maximum absolute atomic E-state index is 13.8. The second kappa shape index (κ2) is 12.5. The molecule has 1 atom stereocenters. The number of rotatable bonds is 10. The second-order valence-electron chi connectivity index (χ2n) is 9.38. The number of anilines is 1. The molecule has 0 fully saturated rings. The summed E-state index contributed by atoms with van der Waals surface area (Å²) in [6, 6.07) is 14.2. The minimum absolute atomic E-state index is 0.324. The molecule has 0 bridgehead atoms. The van der Waals surface area contributed by atoms with Crippen LogP contribution in [0.15, 0.2) is 60.0 Å². The van der Waals surface area contributed by atoms with E-state index in [4.69, 9.17) is 14.2 Å². The molecular weight excluding hydrogens is 506 g/mol. The fraction of sp³-hybridized carbons (Fsp3) is 0.321. The number of nitrogens with zero attached hydrogens (tertiary/aromatic N) is 1. The van der Waals surface area contributed by atoms with Gasteiger partial charge in [-0.2, -0.15) is 0 Å². The van der Waals surface area contributed by atoms with Crippen molar-refractivity contribution < 1.29 is 28.6 Å². The average Bonchev–Trinajstić information content (AvgIpc) is 3.44. The number of nitrogens with one attached hydrogen (secondary N) is 2. The molecule has 0 unspecified atom stereocenters. The Morgan fingerprint density at radius 2 is 1.61 bits per heavy atom. The van der Waals surface area contributed by atoms with Gasteiger partial charge in [0.05, 0.1) is 32.8 Å². The lowest BCUT2D eigenvalue weighted by atomic mass is 10.00. The van der Waals surface area contributed by atoms with Crippen molar-refractivity contribution in [3.05, 3.63) is 70.4 Å². The third kappa shape index (κ3) is 7.04. The van der Waals surface area contributed by atoms with Crippen molar-refractivity contribution in [3.63, 3.8) is 0 Å². The van der Waals surface area contributed by atoms with E-state index in [0.29, 0.717) is 33.4 Å². The summed E-state index contributed by atoms with van der Waals surface area (Å²) in [5, 5.41) is 7.44. The third-order valence-electron chi connectivity index (χ3n) is 5.49. The largest absolute Gasteiger partial charge is 0.497 e. The monoisotopic (exact) mass is 539 g/mol. The molecule has 0 spiro atoms. The number of amides is 3. The molecule has 1 heterocycles. The molecule has 0 aliphatic heterocycles. The third-order valence-corrected chi connectivity index (χ3v) is 6.36. The van der Waals surface area contributed by atoms with Crippen molar-refractivity contribution in [3.8, 4) is 17.2 Å². The smallest absolute Gasteiger partial charge is 0.261 e. The second-order valence-corrected chi connectivity index (χ2v) is 10.3. The minimum atomic E-state index is -1.09. The van der Waals surface area contributed by atoms with E-state index in [9.17, 15) is 14.4 Å². The van der Waals surface area contributed by atoms with E-state index in [2.05, 4.69) is 10.6 Å². The maximum Gasteiger partial charge on any atom is 0.261 e. The Balaban J connectivity index is 2.09. The van der Waals surface area contributed by atoms with Crippen molar-refractivity contribution in [1.82, 2.24) is 10.6 Å². The number of methoxy groups -OCH3 is 3. The molecule has 3 aromatic rings. The molecule has 3 rings (SSSR count). The number of ether oxygens (including phenoxy) is 3. The van der Waals surface area contributed by atoms with Gasteiger partial charge in [-0.15, -0.1) is 11.3 Å². The van der Waals surface area contributed by atoms with Crippen LogP contribution in [0.3, 0.4) is 0 Å². The first-order chi connectivity index (χ1) is 18.1. The Kier molecular flexibility index (Phi) is 9.35. The lowest BCUT2D eigenvalue weighted by molar-refractivity contribution is -0.127. The zero-order chi connectivity index (χ0) is 27.9. The summed E-state index contributed by atoms with van der Waals surface area (Å²) in [5.74, 6) is 0.227. The molecule has 9 nitrogen and oxygen atoms in total. The first kappa shape index (κ1) is 28.5. The minimum Gasteiger partial charge on any atom is -0.497 e. The highest BCUT2D eigenvalue weighted by atomic mass is 32.1. The zero-order valence-corrected chi connectivity index (χ0v) is 23.2. The molecule has 38 heavy (non-hydrogen) atoms. The van der Waals surface area contributed by atoms with Crippen LogP contribution in [0.25, 0.3) is 0 Å². The Morgan fingerprint density at radius 1 is 0.921 bits per heavy atom. The van der Waals surface area contributed by atoms with Gasteiger partial charge in [-0.3, -0.25) is 19.3 Å². The van der Waals surface area contributed by atoms with Gasteiger partial charge in [-0.05, 0) is 74.2 Å². The predicted molar refractivity (Wildman–Crippen MR) is 147 cm³/mol.